The third-order valence-corrected chi connectivity index (χ3v) is 4.06. The van der Waals surface area contributed by atoms with Crippen LogP contribution in [0.1, 0.15) is 19.4 Å². The Labute approximate surface area is 150 Å². The number of imidazole rings is 1. The van der Waals surface area contributed by atoms with E-state index >= 15 is 0 Å². The van der Waals surface area contributed by atoms with Crippen LogP contribution in [0.3, 0.4) is 0 Å². The molecule has 0 bridgehead atoms. The minimum Gasteiger partial charge on any atom is -0.361 e. The number of aromatic amines is 2. The predicted octanol–water partition coefficient (Wildman–Crippen LogP) is 1.29. The molecule has 0 saturated carbocycles. The van der Waals surface area contributed by atoms with E-state index in [1.165, 1.54) is 12.5 Å². The highest BCUT2D eigenvalue weighted by molar-refractivity contribution is 5.98. The van der Waals surface area contributed by atoms with Crippen molar-refractivity contribution in [1.82, 2.24) is 20.3 Å². The number of nitrogens with two attached hydrogens (primary N) is 1. The molecule has 0 aliphatic heterocycles. The molecule has 0 spiro atoms. The molecule has 3 rings (SSSR count). The van der Waals surface area contributed by atoms with Gasteiger partial charge in [0, 0.05) is 23.5 Å². The second-order valence-electron chi connectivity index (χ2n) is 6.77. The first kappa shape index (κ1) is 17.7. The molecule has 0 saturated heterocycles. The van der Waals surface area contributed by atoms with Crippen LogP contribution in [0.15, 0.2) is 43.0 Å². The predicted molar refractivity (Wildman–Crippen MR) is 99.4 cm³/mol. The van der Waals surface area contributed by atoms with Gasteiger partial charge in [0.15, 0.2) is 0 Å². The number of fused-ring (bicyclic) bond motifs is 1. The zero-order chi connectivity index (χ0) is 18.7. The van der Waals surface area contributed by atoms with E-state index in [-0.39, 0.29) is 5.91 Å². The summed E-state index contributed by atoms with van der Waals surface area (Å²) in [5, 5.41) is 6.47. The van der Waals surface area contributed by atoms with Crippen molar-refractivity contribution < 1.29 is 9.59 Å². The van der Waals surface area contributed by atoms with Crippen LogP contribution in [0.5, 0.6) is 0 Å². The van der Waals surface area contributed by atoms with Crippen LogP contribution in [0.25, 0.3) is 10.9 Å². The molecule has 2 heterocycles. The minimum atomic E-state index is -1.09. The molecule has 0 fully saturated rings. The number of nitrogens with zero attached hydrogens (tertiary/aromatic N) is 1. The number of carbonyl (C=O) groups excluding carboxylic acids is 2. The maximum absolute atomic E-state index is 12.7. The molecule has 8 heteroatoms. The number of nitrogens with one attached hydrogen (secondary N) is 4. The first-order chi connectivity index (χ1) is 12.3. The second kappa shape index (κ2) is 7.01. The molecule has 26 heavy (non-hydrogen) atoms. The molecule has 0 aliphatic rings. The van der Waals surface area contributed by atoms with E-state index in [0.717, 1.165) is 16.5 Å². The highest BCUT2D eigenvalue weighted by Crippen LogP contribution is 2.19. The lowest BCUT2D eigenvalue weighted by atomic mass is 10.0. The van der Waals surface area contributed by atoms with Gasteiger partial charge in [0.2, 0.25) is 11.8 Å². The van der Waals surface area contributed by atoms with E-state index in [1.807, 2.05) is 30.5 Å². The van der Waals surface area contributed by atoms with Gasteiger partial charge < -0.3 is 26.3 Å². The fourth-order valence-electron chi connectivity index (χ4n) is 2.62. The van der Waals surface area contributed by atoms with Crippen LogP contribution >= 0.6 is 0 Å². The third-order valence-electron chi connectivity index (χ3n) is 4.06. The Morgan fingerprint density at radius 3 is 2.73 bits per heavy atom. The van der Waals surface area contributed by atoms with Gasteiger partial charge in [0.1, 0.15) is 11.9 Å². The molecule has 2 amide bonds. The van der Waals surface area contributed by atoms with Crippen LogP contribution in [-0.4, -0.2) is 38.3 Å². The van der Waals surface area contributed by atoms with Gasteiger partial charge in [-0.15, -0.1) is 0 Å². The maximum Gasteiger partial charge on any atom is 0.248 e. The summed E-state index contributed by atoms with van der Waals surface area (Å²) in [6.07, 6.45) is 5.13. The van der Waals surface area contributed by atoms with E-state index in [2.05, 4.69) is 25.6 Å². The fourth-order valence-corrected chi connectivity index (χ4v) is 2.62. The van der Waals surface area contributed by atoms with Crippen molar-refractivity contribution in [3.05, 3.63) is 48.5 Å². The van der Waals surface area contributed by atoms with Crippen LogP contribution in [0.4, 0.5) is 5.82 Å². The first-order valence-corrected chi connectivity index (χ1v) is 8.28. The SMILES string of the molecule is CC(C)(N)C(=O)N[C@H](Cc1c[nH]c2ccccc12)C(=O)Nc1cnc[nH]1. The van der Waals surface area contributed by atoms with Gasteiger partial charge in [-0.05, 0) is 25.5 Å². The number of benzene rings is 1. The lowest BCUT2D eigenvalue weighted by Gasteiger charge is -2.23. The highest BCUT2D eigenvalue weighted by Gasteiger charge is 2.29. The average Bonchev–Trinajstić information content (AvgIpc) is 3.23. The molecule has 136 valence electrons. The minimum absolute atomic E-state index is 0.325. The monoisotopic (exact) mass is 354 g/mol. The Bertz CT molecular complexity index is 907. The Balaban J connectivity index is 1.84. The topological polar surface area (TPSA) is 129 Å². The summed E-state index contributed by atoms with van der Waals surface area (Å²) >= 11 is 0. The zero-order valence-electron chi connectivity index (χ0n) is 14.7. The number of rotatable bonds is 6. The molecule has 8 nitrogen and oxygen atoms in total. The van der Waals surface area contributed by atoms with Crippen molar-refractivity contribution in [2.75, 3.05) is 5.32 Å². The van der Waals surface area contributed by atoms with E-state index in [9.17, 15) is 9.59 Å². The quantitative estimate of drug-likeness (QED) is 0.457. The fraction of sp³-hybridized carbons (Fsp3) is 0.278. The summed E-state index contributed by atoms with van der Waals surface area (Å²) in [5.74, 6) is -0.292. The average molecular weight is 354 g/mol. The smallest absolute Gasteiger partial charge is 0.248 e. The summed E-state index contributed by atoms with van der Waals surface area (Å²) < 4.78 is 0. The summed E-state index contributed by atoms with van der Waals surface area (Å²) in [6, 6.07) is 7.01. The third kappa shape index (κ3) is 3.92. The number of aromatic nitrogens is 3. The molecule has 6 N–H and O–H groups in total. The molecule has 3 aromatic rings. The van der Waals surface area contributed by atoms with Gasteiger partial charge >= 0.3 is 0 Å². The summed E-state index contributed by atoms with van der Waals surface area (Å²) in [6.45, 7) is 3.19. The van der Waals surface area contributed by atoms with Crippen molar-refractivity contribution in [3.63, 3.8) is 0 Å². The largest absolute Gasteiger partial charge is 0.361 e. The molecule has 0 unspecified atom stereocenters. The standard InChI is InChI=1S/C18H22N6O2/c1-18(2,19)17(26)23-14(16(25)24-15-9-20-10-22-15)7-11-8-21-13-6-4-3-5-12(11)13/h3-6,8-10,14,21H,7,19H2,1-2H3,(H,20,22)(H,23,26)(H,24,25)/t14-/m1/s1. The Kier molecular flexibility index (Phi) is 4.77. The van der Waals surface area contributed by atoms with Crippen molar-refractivity contribution in [2.45, 2.75) is 31.8 Å². The second-order valence-corrected chi connectivity index (χ2v) is 6.77. The number of H-pyrrole nitrogens is 2. The molecule has 1 aromatic carbocycles. The lowest BCUT2D eigenvalue weighted by molar-refractivity contribution is -0.129. The van der Waals surface area contributed by atoms with Crippen molar-refractivity contribution in [2.24, 2.45) is 5.73 Å². The molecule has 0 aliphatic carbocycles. The molecule has 0 radical (unpaired) electrons. The van der Waals surface area contributed by atoms with Gasteiger partial charge in [0.25, 0.3) is 0 Å². The summed E-state index contributed by atoms with van der Waals surface area (Å²) in [5.41, 5.74) is 6.67. The molecule has 2 aromatic heterocycles. The van der Waals surface area contributed by atoms with E-state index in [0.29, 0.717) is 12.2 Å². The van der Waals surface area contributed by atoms with Gasteiger partial charge in [-0.1, -0.05) is 18.2 Å². The van der Waals surface area contributed by atoms with Gasteiger partial charge in [-0.2, -0.15) is 0 Å². The van der Waals surface area contributed by atoms with Gasteiger partial charge in [-0.25, -0.2) is 4.98 Å². The zero-order valence-corrected chi connectivity index (χ0v) is 14.7. The van der Waals surface area contributed by atoms with Crippen molar-refractivity contribution in [3.8, 4) is 0 Å². The summed E-state index contributed by atoms with van der Waals surface area (Å²) in [4.78, 5) is 34.9. The number of amides is 2. The van der Waals surface area contributed by atoms with Gasteiger partial charge in [-0.3, -0.25) is 9.59 Å². The van der Waals surface area contributed by atoms with E-state index in [1.54, 1.807) is 13.8 Å². The molecular weight excluding hydrogens is 332 g/mol. The van der Waals surface area contributed by atoms with Crippen LogP contribution in [0.2, 0.25) is 0 Å². The Hall–Kier alpha value is -3.13. The first-order valence-electron chi connectivity index (χ1n) is 8.28. The molecular formula is C18H22N6O2. The van der Waals surface area contributed by atoms with Gasteiger partial charge in [0.05, 0.1) is 18.1 Å². The number of anilines is 1. The van der Waals surface area contributed by atoms with E-state index in [4.69, 9.17) is 5.73 Å². The van der Waals surface area contributed by atoms with Crippen LogP contribution in [0, 0.1) is 0 Å². The number of para-hydroxylation sites is 1. The number of carbonyl (C=O) groups is 2. The molecule has 1 atom stereocenters. The normalized spacial score (nSPS) is 12.7. The maximum atomic E-state index is 12.7. The lowest BCUT2D eigenvalue weighted by Crippen LogP contribution is -2.55. The van der Waals surface area contributed by atoms with Crippen LogP contribution in [-0.2, 0) is 16.0 Å². The highest BCUT2D eigenvalue weighted by atomic mass is 16.2. The van der Waals surface area contributed by atoms with E-state index < -0.39 is 17.5 Å². The number of hydrogen-bond acceptors (Lipinski definition) is 4. The Morgan fingerprint density at radius 1 is 1.27 bits per heavy atom. The van der Waals surface area contributed by atoms with Crippen molar-refractivity contribution in [1.29, 1.82) is 0 Å². The van der Waals surface area contributed by atoms with Crippen molar-refractivity contribution >= 4 is 28.5 Å². The van der Waals surface area contributed by atoms with Crippen LogP contribution < -0.4 is 16.4 Å². The Morgan fingerprint density at radius 2 is 2.04 bits per heavy atom. The summed E-state index contributed by atoms with van der Waals surface area (Å²) in [7, 11) is 0. The number of hydrogen-bond donors (Lipinski definition) is 5.